The fourth-order valence-corrected chi connectivity index (χ4v) is 2.80. The van der Waals surface area contributed by atoms with Crippen LogP contribution in [0.5, 0.6) is 0 Å². The summed E-state index contributed by atoms with van der Waals surface area (Å²) in [6, 6.07) is 7.03. The van der Waals surface area contributed by atoms with Gasteiger partial charge >= 0.3 is 5.97 Å². The molecule has 1 saturated heterocycles. The van der Waals surface area contributed by atoms with Gasteiger partial charge in [0.25, 0.3) is 0 Å². The number of hydrogen-bond acceptors (Lipinski definition) is 3. The highest BCUT2D eigenvalue weighted by molar-refractivity contribution is 5.86. The van der Waals surface area contributed by atoms with E-state index in [9.17, 15) is 9.59 Å². The van der Waals surface area contributed by atoms with Crippen molar-refractivity contribution in [3.63, 3.8) is 0 Å². The number of carbonyl (C=O) groups excluding carboxylic acids is 1. The molecule has 3 N–H and O–H groups in total. The molecular formula is C15H20N2O3. The molecule has 2 rings (SSSR count). The van der Waals surface area contributed by atoms with Crippen molar-refractivity contribution in [2.24, 2.45) is 5.73 Å². The van der Waals surface area contributed by atoms with Crippen LogP contribution in [0.4, 0.5) is 0 Å². The quantitative estimate of drug-likeness (QED) is 0.872. The van der Waals surface area contributed by atoms with Gasteiger partial charge in [0.2, 0.25) is 5.91 Å². The first-order valence-corrected chi connectivity index (χ1v) is 6.84. The topological polar surface area (TPSA) is 83.6 Å². The molecule has 0 saturated carbocycles. The molecule has 2 atom stereocenters. The van der Waals surface area contributed by atoms with E-state index in [1.54, 1.807) is 4.90 Å². The van der Waals surface area contributed by atoms with Gasteiger partial charge in [-0.05, 0) is 30.9 Å². The van der Waals surface area contributed by atoms with E-state index in [2.05, 4.69) is 0 Å². The van der Waals surface area contributed by atoms with E-state index in [-0.39, 0.29) is 18.4 Å². The largest absolute Gasteiger partial charge is 0.481 e. The van der Waals surface area contributed by atoms with Gasteiger partial charge in [-0.3, -0.25) is 9.59 Å². The molecular weight excluding hydrogens is 256 g/mol. The zero-order valence-electron chi connectivity index (χ0n) is 11.6. The van der Waals surface area contributed by atoms with Crippen molar-refractivity contribution in [1.29, 1.82) is 0 Å². The van der Waals surface area contributed by atoms with Crippen LogP contribution in [0.25, 0.3) is 0 Å². The molecule has 0 radical (unpaired) electrons. The third-order valence-electron chi connectivity index (χ3n) is 3.80. The van der Waals surface area contributed by atoms with E-state index in [4.69, 9.17) is 10.8 Å². The number of nitrogens with zero attached hydrogens (tertiary/aromatic N) is 1. The number of likely N-dealkylation sites (tertiary alicyclic amines) is 1. The minimum absolute atomic E-state index is 0.0172. The van der Waals surface area contributed by atoms with Gasteiger partial charge in [0, 0.05) is 6.54 Å². The number of carboxylic acid groups (broad SMARTS) is 1. The van der Waals surface area contributed by atoms with Crippen molar-refractivity contribution in [2.45, 2.75) is 38.3 Å². The number of carbonyl (C=O) groups is 2. The van der Waals surface area contributed by atoms with Crippen LogP contribution in [0.1, 0.15) is 36.4 Å². The van der Waals surface area contributed by atoms with Gasteiger partial charge in [-0.2, -0.15) is 0 Å². The maximum absolute atomic E-state index is 12.3. The molecule has 1 aromatic carbocycles. The number of nitrogens with two attached hydrogens (primary N) is 1. The minimum Gasteiger partial charge on any atom is -0.481 e. The second kappa shape index (κ2) is 6.05. The molecule has 5 nitrogen and oxygen atoms in total. The van der Waals surface area contributed by atoms with Gasteiger partial charge in [0.05, 0.1) is 18.5 Å². The van der Waals surface area contributed by atoms with Gasteiger partial charge in [0.1, 0.15) is 0 Å². The van der Waals surface area contributed by atoms with Crippen LogP contribution in [-0.2, 0) is 9.59 Å². The average Bonchev–Trinajstić information content (AvgIpc) is 2.86. The monoisotopic (exact) mass is 276 g/mol. The van der Waals surface area contributed by atoms with E-state index >= 15 is 0 Å². The van der Waals surface area contributed by atoms with E-state index < -0.39 is 12.0 Å². The lowest BCUT2D eigenvalue weighted by molar-refractivity contribution is -0.142. The minimum atomic E-state index is -1.04. The smallest absolute Gasteiger partial charge is 0.305 e. The average molecular weight is 276 g/mol. The summed E-state index contributed by atoms with van der Waals surface area (Å²) < 4.78 is 0. The third kappa shape index (κ3) is 2.99. The first-order valence-electron chi connectivity index (χ1n) is 6.84. The number of carboxylic acids is 1. The Balaban J connectivity index is 2.17. The molecule has 1 aromatic rings. The zero-order chi connectivity index (χ0) is 14.7. The molecule has 0 aromatic heterocycles. The van der Waals surface area contributed by atoms with Gasteiger partial charge in [-0.15, -0.1) is 0 Å². The van der Waals surface area contributed by atoms with Crippen molar-refractivity contribution in [3.05, 3.63) is 35.4 Å². The summed E-state index contributed by atoms with van der Waals surface area (Å²) in [6.45, 7) is 2.67. The van der Waals surface area contributed by atoms with E-state index in [1.165, 1.54) is 0 Å². The van der Waals surface area contributed by atoms with Crippen LogP contribution in [-0.4, -0.2) is 34.5 Å². The predicted molar refractivity (Wildman–Crippen MR) is 75.1 cm³/mol. The summed E-state index contributed by atoms with van der Waals surface area (Å²) in [5.74, 6) is -1.31. The van der Waals surface area contributed by atoms with Crippen molar-refractivity contribution in [1.82, 2.24) is 4.90 Å². The first-order chi connectivity index (χ1) is 9.50. The Morgan fingerprint density at radius 1 is 1.45 bits per heavy atom. The number of hydrogen-bond donors (Lipinski definition) is 2. The summed E-state index contributed by atoms with van der Waals surface area (Å²) in [4.78, 5) is 24.7. The lowest BCUT2D eigenvalue weighted by Gasteiger charge is -2.28. The fourth-order valence-electron chi connectivity index (χ4n) is 2.80. The maximum atomic E-state index is 12.3. The van der Waals surface area contributed by atoms with Crippen LogP contribution >= 0.6 is 0 Å². The van der Waals surface area contributed by atoms with E-state index in [0.717, 1.165) is 24.0 Å². The number of amides is 1. The normalized spacial score (nSPS) is 19.9. The molecule has 0 spiro atoms. The molecule has 5 heteroatoms. The Bertz CT molecular complexity index is 516. The molecule has 2 unspecified atom stereocenters. The first kappa shape index (κ1) is 14.5. The lowest BCUT2D eigenvalue weighted by atomic mass is 9.99. The standard InChI is InChI=1S/C15H20N2O3/c1-10-5-2-3-6-11(10)13-7-4-8-17(13)15(20)12(16)9-14(18)19/h2-3,5-6,12-13H,4,7-9,16H2,1H3,(H,18,19). The zero-order valence-corrected chi connectivity index (χ0v) is 11.6. The Kier molecular flexibility index (Phi) is 4.39. The molecule has 20 heavy (non-hydrogen) atoms. The molecule has 1 aliphatic heterocycles. The van der Waals surface area contributed by atoms with Crippen LogP contribution < -0.4 is 5.73 Å². The Morgan fingerprint density at radius 2 is 2.15 bits per heavy atom. The molecule has 1 amide bonds. The van der Waals surface area contributed by atoms with E-state index in [0.29, 0.717) is 6.54 Å². The molecule has 0 aliphatic carbocycles. The highest BCUT2D eigenvalue weighted by atomic mass is 16.4. The SMILES string of the molecule is Cc1ccccc1C1CCCN1C(=O)C(N)CC(=O)O. The van der Waals surface area contributed by atoms with Gasteiger partial charge in [0.15, 0.2) is 0 Å². The summed E-state index contributed by atoms with van der Waals surface area (Å²) >= 11 is 0. The van der Waals surface area contributed by atoms with Crippen LogP contribution in [0, 0.1) is 6.92 Å². The molecule has 1 aliphatic rings. The van der Waals surface area contributed by atoms with Crippen LogP contribution in [0.2, 0.25) is 0 Å². The molecule has 1 fully saturated rings. The van der Waals surface area contributed by atoms with Gasteiger partial charge < -0.3 is 15.7 Å². The Morgan fingerprint density at radius 3 is 2.80 bits per heavy atom. The van der Waals surface area contributed by atoms with Crippen molar-refractivity contribution >= 4 is 11.9 Å². The Hall–Kier alpha value is -1.88. The lowest BCUT2D eigenvalue weighted by Crippen LogP contribution is -2.44. The van der Waals surface area contributed by atoms with Crippen molar-refractivity contribution in [3.8, 4) is 0 Å². The number of aryl methyl sites for hydroxylation is 1. The summed E-state index contributed by atoms with van der Waals surface area (Å²) in [6.07, 6.45) is 1.50. The van der Waals surface area contributed by atoms with Crippen LogP contribution in [0.3, 0.4) is 0 Å². The van der Waals surface area contributed by atoms with Gasteiger partial charge in [-0.25, -0.2) is 0 Å². The summed E-state index contributed by atoms with van der Waals surface area (Å²) in [7, 11) is 0. The third-order valence-corrected chi connectivity index (χ3v) is 3.80. The second-order valence-electron chi connectivity index (χ2n) is 5.25. The number of rotatable bonds is 4. The molecule has 1 heterocycles. The Labute approximate surface area is 118 Å². The highest BCUT2D eigenvalue weighted by Crippen LogP contribution is 2.33. The van der Waals surface area contributed by atoms with Crippen molar-refractivity contribution < 1.29 is 14.7 Å². The molecule has 108 valence electrons. The number of aliphatic carboxylic acids is 1. The second-order valence-corrected chi connectivity index (χ2v) is 5.25. The highest BCUT2D eigenvalue weighted by Gasteiger charge is 2.33. The summed E-state index contributed by atoms with van der Waals surface area (Å²) in [5, 5.41) is 8.75. The van der Waals surface area contributed by atoms with Gasteiger partial charge in [-0.1, -0.05) is 24.3 Å². The van der Waals surface area contributed by atoms with Crippen molar-refractivity contribution in [2.75, 3.05) is 6.54 Å². The fraction of sp³-hybridized carbons (Fsp3) is 0.467. The summed E-state index contributed by atoms with van der Waals surface area (Å²) in [5.41, 5.74) is 7.97. The predicted octanol–water partition coefficient (Wildman–Crippen LogP) is 1.46. The van der Waals surface area contributed by atoms with Crippen LogP contribution in [0.15, 0.2) is 24.3 Å². The maximum Gasteiger partial charge on any atom is 0.305 e. The number of benzene rings is 1. The van der Waals surface area contributed by atoms with E-state index in [1.807, 2.05) is 31.2 Å². The molecule has 0 bridgehead atoms.